The second-order valence-electron chi connectivity index (χ2n) is 8.71. The molecule has 8 heteroatoms. The lowest BCUT2D eigenvalue weighted by molar-refractivity contribution is 0.315. The lowest BCUT2D eigenvalue weighted by atomic mass is 10.0. The molecule has 4 rings (SSSR count). The number of rotatable bonds is 6. The van der Waals surface area contributed by atoms with Gasteiger partial charge in [-0.15, -0.1) is 0 Å². The molecule has 2 fully saturated rings. The van der Waals surface area contributed by atoms with Gasteiger partial charge in [-0.05, 0) is 63.3 Å². The predicted octanol–water partition coefficient (Wildman–Crippen LogP) is 3.47. The quantitative estimate of drug-likeness (QED) is 0.396. The Morgan fingerprint density at radius 2 is 1.97 bits per heavy atom. The molecule has 0 aromatic heterocycles. The zero-order chi connectivity index (χ0) is 22.7. The summed E-state index contributed by atoms with van der Waals surface area (Å²) in [6.07, 6.45) is 4.73. The van der Waals surface area contributed by atoms with Crippen LogP contribution in [0.4, 0.5) is 15.8 Å². The number of benzene rings is 2. The highest BCUT2D eigenvalue weighted by Gasteiger charge is 2.31. The molecule has 0 aliphatic carbocycles. The van der Waals surface area contributed by atoms with E-state index in [1.807, 2.05) is 24.3 Å². The fourth-order valence-corrected chi connectivity index (χ4v) is 4.84. The number of anilines is 2. The first-order valence-electron chi connectivity index (χ1n) is 11.1. The molecule has 0 radical (unpaired) electrons. The molecule has 2 atom stereocenters. The highest BCUT2D eigenvalue weighted by molar-refractivity contribution is 7.80. The molecule has 0 amide bonds. The second kappa shape index (κ2) is 9.83. The molecule has 0 spiro atoms. The molecule has 32 heavy (non-hydrogen) atoms. The summed E-state index contributed by atoms with van der Waals surface area (Å²) in [4.78, 5) is 6.78. The largest absolute Gasteiger partial charge is 0.375 e. The molecule has 6 nitrogen and oxygen atoms in total. The summed E-state index contributed by atoms with van der Waals surface area (Å²) in [5.41, 5.74) is 11.6. The Morgan fingerprint density at radius 3 is 2.66 bits per heavy atom. The van der Waals surface area contributed by atoms with Crippen molar-refractivity contribution in [2.24, 2.45) is 10.8 Å². The third-order valence-electron chi connectivity index (χ3n) is 6.46. The molecule has 0 saturated carbocycles. The van der Waals surface area contributed by atoms with E-state index in [0.29, 0.717) is 17.3 Å². The maximum absolute atomic E-state index is 15.4. The van der Waals surface area contributed by atoms with Crippen LogP contribution < -0.4 is 21.0 Å². The SMILES string of the molecule is CN(C)[C@@H]1CCN(c2cc(N3CCCC3c3ccccc3)c(F)cc2C=NNC(N)=S)C1. The van der Waals surface area contributed by atoms with Gasteiger partial charge in [0.05, 0.1) is 17.9 Å². The Kier molecular flexibility index (Phi) is 6.91. The maximum Gasteiger partial charge on any atom is 0.184 e. The molecule has 3 N–H and O–H groups in total. The summed E-state index contributed by atoms with van der Waals surface area (Å²) < 4.78 is 15.4. The van der Waals surface area contributed by atoms with Crippen LogP contribution in [0.2, 0.25) is 0 Å². The molecule has 2 aliphatic rings. The fraction of sp³-hybridized carbons (Fsp3) is 0.417. The van der Waals surface area contributed by atoms with Crippen LogP contribution in [-0.2, 0) is 0 Å². The first kappa shape index (κ1) is 22.5. The van der Waals surface area contributed by atoms with E-state index in [4.69, 9.17) is 18.0 Å². The molecular weight excluding hydrogens is 423 g/mol. The minimum atomic E-state index is -0.239. The van der Waals surface area contributed by atoms with Crippen molar-refractivity contribution in [1.29, 1.82) is 0 Å². The van der Waals surface area contributed by atoms with E-state index in [0.717, 1.165) is 44.6 Å². The Labute approximate surface area is 194 Å². The minimum absolute atomic E-state index is 0.0801. The van der Waals surface area contributed by atoms with Gasteiger partial charge in [0, 0.05) is 36.9 Å². The molecule has 170 valence electrons. The Bertz CT molecular complexity index is 980. The minimum Gasteiger partial charge on any atom is -0.375 e. The van der Waals surface area contributed by atoms with Gasteiger partial charge in [-0.1, -0.05) is 30.3 Å². The van der Waals surface area contributed by atoms with Crippen LogP contribution >= 0.6 is 12.2 Å². The van der Waals surface area contributed by atoms with Crippen LogP contribution in [0, 0.1) is 5.82 Å². The topological polar surface area (TPSA) is 60.1 Å². The second-order valence-corrected chi connectivity index (χ2v) is 9.15. The van der Waals surface area contributed by atoms with Crippen LogP contribution in [0.1, 0.15) is 36.4 Å². The van der Waals surface area contributed by atoms with Gasteiger partial charge in [-0.2, -0.15) is 5.10 Å². The number of hydrazone groups is 1. The van der Waals surface area contributed by atoms with Gasteiger partial charge in [0.1, 0.15) is 5.82 Å². The fourth-order valence-electron chi connectivity index (χ4n) is 4.79. The summed E-state index contributed by atoms with van der Waals surface area (Å²) in [5.74, 6) is -0.239. The molecule has 0 bridgehead atoms. The highest BCUT2D eigenvalue weighted by atomic mass is 32.1. The maximum atomic E-state index is 15.4. The third-order valence-corrected chi connectivity index (χ3v) is 6.55. The van der Waals surface area contributed by atoms with Gasteiger partial charge < -0.3 is 20.4 Å². The molecule has 2 heterocycles. The van der Waals surface area contributed by atoms with Crippen LogP contribution in [0.25, 0.3) is 0 Å². The van der Waals surface area contributed by atoms with Crippen LogP contribution in [-0.4, -0.2) is 56.0 Å². The average Bonchev–Trinajstić information content (AvgIpc) is 3.44. The number of nitrogens with zero attached hydrogens (tertiary/aromatic N) is 4. The van der Waals surface area contributed by atoms with Crippen molar-refractivity contribution in [2.45, 2.75) is 31.3 Å². The Hall–Kier alpha value is -2.71. The summed E-state index contributed by atoms with van der Waals surface area (Å²) in [6, 6.07) is 14.6. The van der Waals surface area contributed by atoms with Gasteiger partial charge in [-0.25, -0.2) is 4.39 Å². The molecule has 2 aliphatic heterocycles. The number of likely N-dealkylation sites (N-methyl/N-ethyl adjacent to an activating group) is 1. The van der Waals surface area contributed by atoms with Crippen molar-refractivity contribution < 1.29 is 4.39 Å². The van der Waals surface area contributed by atoms with Crippen molar-refractivity contribution in [3.63, 3.8) is 0 Å². The van der Waals surface area contributed by atoms with E-state index in [1.165, 1.54) is 5.56 Å². The van der Waals surface area contributed by atoms with Crippen LogP contribution in [0.3, 0.4) is 0 Å². The normalized spacial score (nSPS) is 21.1. The predicted molar refractivity (Wildman–Crippen MR) is 134 cm³/mol. The monoisotopic (exact) mass is 454 g/mol. The number of thiocarbonyl (C=S) groups is 1. The zero-order valence-electron chi connectivity index (χ0n) is 18.7. The van der Waals surface area contributed by atoms with Crippen molar-refractivity contribution in [3.8, 4) is 0 Å². The molecule has 2 aromatic rings. The van der Waals surface area contributed by atoms with Crippen LogP contribution in [0.5, 0.6) is 0 Å². The van der Waals surface area contributed by atoms with Gasteiger partial charge in [0.15, 0.2) is 5.11 Å². The Balaban J connectivity index is 1.70. The van der Waals surface area contributed by atoms with Gasteiger partial charge in [0.25, 0.3) is 0 Å². The van der Waals surface area contributed by atoms with Crippen LogP contribution in [0.15, 0.2) is 47.6 Å². The van der Waals surface area contributed by atoms with Gasteiger partial charge in [-0.3, -0.25) is 5.43 Å². The van der Waals surface area contributed by atoms with Gasteiger partial charge in [0.2, 0.25) is 0 Å². The van der Waals surface area contributed by atoms with E-state index in [9.17, 15) is 0 Å². The molecule has 2 aromatic carbocycles. The smallest absolute Gasteiger partial charge is 0.184 e. The van der Waals surface area contributed by atoms with Crippen molar-refractivity contribution in [2.75, 3.05) is 43.5 Å². The average molecular weight is 455 g/mol. The lowest BCUT2D eigenvalue weighted by Gasteiger charge is -2.30. The zero-order valence-corrected chi connectivity index (χ0v) is 19.5. The van der Waals surface area contributed by atoms with E-state index in [-0.39, 0.29) is 17.0 Å². The van der Waals surface area contributed by atoms with Crippen molar-refractivity contribution >= 4 is 34.9 Å². The molecular formula is C24H31FN6S. The lowest BCUT2D eigenvalue weighted by Crippen LogP contribution is -2.32. The first-order valence-corrected chi connectivity index (χ1v) is 11.5. The van der Waals surface area contributed by atoms with Gasteiger partial charge >= 0.3 is 0 Å². The standard InChI is InChI=1S/C24H31FN6S/c1-29(2)19-10-12-30(16-19)22-14-23(20(25)13-18(22)15-27-28-24(26)32)31-11-6-9-21(31)17-7-4-3-5-8-17/h3-5,7-8,13-15,19,21H,6,9-12,16H2,1-2H3,(H3,26,28,32)/t19-,21?/m1/s1. The molecule has 2 saturated heterocycles. The summed E-state index contributed by atoms with van der Waals surface area (Å²) in [5, 5.41) is 4.18. The molecule has 1 unspecified atom stereocenters. The third kappa shape index (κ3) is 4.86. The Morgan fingerprint density at radius 1 is 1.19 bits per heavy atom. The number of nitrogens with one attached hydrogen (secondary N) is 1. The highest BCUT2D eigenvalue weighted by Crippen LogP contribution is 2.40. The summed E-state index contributed by atoms with van der Waals surface area (Å²) in [7, 11) is 4.21. The number of halogens is 1. The summed E-state index contributed by atoms with van der Waals surface area (Å²) >= 11 is 4.83. The first-order chi connectivity index (χ1) is 15.4. The van der Waals surface area contributed by atoms with E-state index >= 15 is 4.39 Å². The van der Waals surface area contributed by atoms with E-state index in [1.54, 1.807) is 12.3 Å². The van der Waals surface area contributed by atoms with Crippen molar-refractivity contribution in [1.82, 2.24) is 10.3 Å². The van der Waals surface area contributed by atoms with E-state index < -0.39 is 0 Å². The summed E-state index contributed by atoms with van der Waals surface area (Å²) in [6.45, 7) is 2.65. The van der Waals surface area contributed by atoms with Crippen molar-refractivity contribution in [3.05, 3.63) is 59.4 Å². The van der Waals surface area contributed by atoms with E-state index in [2.05, 4.69) is 51.5 Å². The number of hydrogen-bond acceptors (Lipinski definition) is 5. The number of nitrogens with two attached hydrogens (primary N) is 1. The number of hydrogen-bond donors (Lipinski definition) is 2.